The van der Waals surface area contributed by atoms with E-state index in [1.54, 1.807) is 0 Å². The molecule has 0 aromatic heterocycles. The second-order valence-electron chi connectivity index (χ2n) is 4.79. The standard InChI is InChI=1S/C12H24N2/c1-6-14(11(3)13(4)5)9-12-7-10(2)8-12/h10,12H,3,6-9H2,1-2,4-5H3. The van der Waals surface area contributed by atoms with Gasteiger partial charge < -0.3 is 9.80 Å². The van der Waals surface area contributed by atoms with Gasteiger partial charge in [0.2, 0.25) is 0 Å². The average Bonchev–Trinajstić information content (AvgIpc) is 2.09. The van der Waals surface area contributed by atoms with E-state index in [9.17, 15) is 0 Å². The van der Waals surface area contributed by atoms with Crippen molar-refractivity contribution in [2.24, 2.45) is 11.8 Å². The van der Waals surface area contributed by atoms with Gasteiger partial charge in [0, 0.05) is 27.2 Å². The summed E-state index contributed by atoms with van der Waals surface area (Å²) in [7, 11) is 4.13. The van der Waals surface area contributed by atoms with Crippen molar-refractivity contribution in [2.45, 2.75) is 26.7 Å². The van der Waals surface area contributed by atoms with Crippen molar-refractivity contribution in [3.05, 3.63) is 12.4 Å². The molecule has 2 nitrogen and oxygen atoms in total. The summed E-state index contributed by atoms with van der Waals surface area (Å²) in [5.41, 5.74) is 0. The van der Waals surface area contributed by atoms with E-state index >= 15 is 0 Å². The van der Waals surface area contributed by atoms with Crippen LogP contribution in [0, 0.1) is 11.8 Å². The van der Waals surface area contributed by atoms with E-state index in [-0.39, 0.29) is 0 Å². The van der Waals surface area contributed by atoms with Crippen LogP contribution in [0.1, 0.15) is 26.7 Å². The van der Waals surface area contributed by atoms with Crippen LogP contribution in [0.2, 0.25) is 0 Å². The molecular weight excluding hydrogens is 172 g/mol. The number of hydrogen-bond acceptors (Lipinski definition) is 2. The molecule has 0 spiro atoms. The Kier molecular flexibility index (Phi) is 3.85. The molecule has 0 heterocycles. The zero-order valence-electron chi connectivity index (χ0n) is 10.1. The molecule has 0 aliphatic heterocycles. The van der Waals surface area contributed by atoms with Gasteiger partial charge in [-0.2, -0.15) is 0 Å². The molecule has 0 aromatic rings. The Balaban J connectivity index is 2.35. The quantitative estimate of drug-likeness (QED) is 0.666. The molecule has 0 saturated heterocycles. The van der Waals surface area contributed by atoms with Crippen molar-refractivity contribution in [3.63, 3.8) is 0 Å². The molecule has 1 fully saturated rings. The highest BCUT2D eigenvalue weighted by molar-refractivity contribution is 4.92. The lowest BCUT2D eigenvalue weighted by Gasteiger charge is -2.39. The van der Waals surface area contributed by atoms with E-state index in [0.29, 0.717) is 0 Å². The molecule has 1 aliphatic carbocycles. The van der Waals surface area contributed by atoms with E-state index in [1.165, 1.54) is 19.4 Å². The first kappa shape index (κ1) is 11.4. The van der Waals surface area contributed by atoms with Crippen LogP contribution in [0.4, 0.5) is 0 Å². The average molecular weight is 196 g/mol. The van der Waals surface area contributed by atoms with E-state index in [0.717, 1.165) is 24.2 Å². The molecule has 0 unspecified atom stereocenters. The molecule has 0 amide bonds. The van der Waals surface area contributed by atoms with Gasteiger partial charge in [0.15, 0.2) is 0 Å². The number of hydrogen-bond donors (Lipinski definition) is 0. The normalized spacial score (nSPS) is 25.4. The molecule has 2 heteroatoms. The fraction of sp³-hybridized carbons (Fsp3) is 0.833. The molecule has 14 heavy (non-hydrogen) atoms. The van der Waals surface area contributed by atoms with E-state index in [4.69, 9.17) is 0 Å². The second-order valence-corrected chi connectivity index (χ2v) is 4.79. The van der Waals surface area contributed by atoms with Crippen LogP contribution in [0.25, 0.3) is 0 Å². The van der Waals surface area contributed by atoms with Gasteiger partial charge in [-0.05, 0) is 31.6 Å². The highest BCUT2D eigenvalue weighted by Gasteiger charge is 2.27. The van der Waals surface area contributed by atoms with Gasteiger partial charge in [0.25, 0.3) is 0 Å². The highest BCUT2D eigenvalue weighted by atomic mass is 15.3. The summed E-state index contributed by atoms with van der Waals surface area (Å²) in [6, 6.07) is 0. The summed E-state index contributed by atoms with van der Waals surface area (Å²) >= 11 is 0. The van der Waals surface area contributed by atoms with E-state index < -0.39 is 0 Å². The molecule has 0 atom stereocenters. The third-order valence-electron chi connectivity index (χ3n) is 3.21. The number of nitrogens with zero attached hydrogens (tertiary/aromatic N) is 2. The zero-order valence-corrected chi connectivity index (χ0v) is 10.1. The van der Waals surface area contributed by atoms with Crippen LogP contribution < -0.4 is 0 Å². The lowest BCUT2D eigenvalue weighted by Crippen LogP contribution is -2.38. The first-order chi connectivity index (χ1) is 6.54. The van der Waals surface area contributed by atoms with Crippen molar-refractivity contribution in [3.8, 4) is 0 Å². The van der Waals surface area contributed by atoms with Gasteiger partial charge >= 0.3 is 0 Å². The minimum atomic E-state index is 0.904. The van der Waals surface area contributed by atoms with Crippen molar-refractivity contribution < 1.29 is 0 Å². The summed E-state index contributed by atoms with van der Waals surface area (Å²) in [6.45, 7) is 10.9. The van der Waals surface area contributed by atoms with Gasteiger partial charge in [-0.25, -0.2) is 0 Å². The zero-order chi connectivity index (χ0) is 10.7. The van der Waals surface area contributed by atoms with Crippen LogP contribution >= 0.6 is 0 Å². The fourth-order valence-electron chi connectivity index (χ4n) is 2.23. The summed E-state index contributed by atoms with van der Waals surface area (Å²) in [5, 5.41) is 0. The van der Waals surface area contributed by atoms with E-state index in [2.05, 4.69) is 44.3 Å². The summed E-state index contributed by atoms with van der Waals surface area (Å²) < 4.78 is 0. The molecule has 1 aliphatic rings. The largest absolute Gasteiger partial charge is 0.365 e. The summed E-state index contributed by atoms with van der Waals surface area (Å²) in [4.78, 5) is 4.49. The minimum absolute atomic E-state index is 0.904. The smallest absolute Gasteiger partial charge is 0.0959 e. The van der Waals surface area contributed by atoms with Crippen LogP contribution in [0.15, 0.2) is 12.4 Å². The molecule has 0 radical (unpaired) electrons. The van der Waals surface area contributed by atoms with Crippen LogP contribution in [-0.2, 0) is 0 Å². The monoisotopic (exact) mass is 196 g/mol. The van der Waals surface area contributed by atoms with Crippen molar-refractivity contribution in [1.29, 1.82) is 0 Å². The van der Waals surface area contributed by atoms with Gasteiger partial charge in [-0.1, -0.05) is 13.5 Å². The van der Waals surface area contributed by atoms with Crippen LogP contribution in [0.5, 0.6) is 0 Å². The minimum Gasteiger partial charge on any atom is -0.365 e. The SMILES string of the molecule is C=C(N(C)C)N(CC)CC1CC(C)C1. The molecular formula is C12H24N2. The number of rotatable bonds is 5. The predicted molar refractivity (Wildman–Crippen MR) is 62.0 cm³/mol. The Morgan fingerprint density at radius 1 is 1.36 bits per heavy atom. The third kappa shape index (κ3) is 2.66. The van der Waals surface area contributed by atoms with Gasteiger partial charge in [0.05, 0.1) is 5.82 Å². The summed E-state index contributed by atoms with van der Waals surface area (Å²) in [6.07, 6.45) is 2.80. The van der Waals surface area contributed by atoms with Gasteiger partial charge in [0.1, 0.15) is 0 Å². The van der Waals surface area contributed by atoms with Crippen molar-refractivity contribution in [1.82, 2.24) is 9.80 Å². The maximum Gasteiger partial charge on any atom is 0.0959 e. The van der Waals surface area contributed by atoms with E-state index in [1.807, 2.05) is 0 Å². The Labute approximate surface area is 88.6 Å². The van der Waals surface area contributed by atoms with Gasteiger partial charge in [-0.3, -0.25) is 0 Å². The molecule has 1 rings (SSSR count). The predicted octanol–water partition coefficient (Wildman–Crippen LogP) is 2.39. The van der Waals surface area contributed by atoms with Gasteiger partial charge in [-0.15, -0.1) is 0 Å². The second kappa shape index (κ2) is 4.72. The van der Waals surface area contributed by atoms with Crippen molar-refractivity contribution >= 4 is 0 Å². The first-order valence-corrected chi connectivity index (χ1v) is 5.65. The maximum atomic E-state index is 4.11. The highest BCUT2D eigenvalue weighted by Crippen LogP contribution is 2.34. The molecule has 1 saturated carbocycles. The maximum absolute atomic E-state index is 4.11. The van der Waals surface area contributed by atoms with Crippen LogP contribution in [-0.4, -0.2) is 37.0 Å². The summed E-state index contributed by atoms with van der Waals surface area (Å²) in [5.74, 6) is 3.00. The molecule has 0 aromatic carbocycles. The first-order valence-electron chi connectivity index (χ1n) is 5.65. The Morgan fingerprint density at radius 2 is 1.93 bits per heavy atom. The Bertz CT molecular complexity index is 192. The molecule has 0 bridgehead atoms. The lowest BCUT2D eigenvalue weighted by atomic mass is 9.76. The Morgan fingerprint density at radius 3 is 2.29 bits per heavy atom. The molecule has 0 N–H and O–H groups in total. The lowest BCUT2D eigenvalue weighted by molar-refractivity contribution is 0.140. The Hall–Kier alpha value is -0.660. The fourth-order valence-corrected chi connectivity index (χ4v) is 2.23. The topological polar surface area (TPSA) is 6.48 Å². The third-order valence-corrected chi connectivity index (χ3v) is 3.21. The van der Waals surface area contributed by atoms with Crippen LogP contribution in [0.3, 0.4) is 0 Å². The molecule has 82 valence electrons. The van der Waals surface area contributed by atoms with Crippen molar-refractivity contribution in [2.75, 3.05) is 27.2 Å².